The van der Waals surface area contributed by atoms with Crippen molar-refractivity contribution in [2.75, 3.05) is 26.4 Å². The van der Waals surface area contributed by atoms with Crippen LogP contribution in [-0.2, 0) is 32.7 Å². The zero-order valence-corrected chi connectivity index (χ0v) is 35.6. The molecular formula is C43H83O10P. The second kappa shape index (κ2) is 39.9. The molecule has 0 aromatic carbocycles. The van der Waals surface area contributed by atoms with Crippen molar-refractivity contribution in [2.24, 2.45) is 0 Å². The normalized spacial score (nSPS) is 13.9. The molecule has 320 valence electrons. The maximum atomic E-state index is 12.6. The Labute approximate surface area is 330 Å². The van der Waals surface area contributed by atoms with Gasteiger partial charge in [-0.15, -0.1) is 0 Å². The van der Waals surface area contributed by atoms with Gasteiger partial charge in [0.05, 0.1) is 19.8 Å². The third-order valence-corrected chi connectivity index (χ3v) is 10.6. The average Bonchev–Trinajstić information content (AvgIpc) is 3.16. The number of aliphatic hydroxyl groups excluding tert-OH is 2. The molecule has 0 aromatic heterocycles. The molecule has 0 aliphatic heterocycles. The van der Waals surface area contributed by atoms with Crippen LogP contribution in [0, 0.1) is 0 Å². The van der Waals surface area contributed by atoms with Crippen LogP contribution in [0.25, 0.3) is 0 Å². The van der Waals surface area contributed by atoms with Crippen LogP contribution in [0.15, 0.2) is 12.2 Å². The fourth-order valence-corrected chi connectivity index (χ4v) is 7.00. The van der Waals surface area contributed by atoms with Crippen LogP contribution in [0.5, 0.6) is 0 Å². The van der Waals surface area contributed by atoms with E-state index in [1.165, 1.54) is 116 Å². The van der Waals surface area contributed by atoms with Gasteiger partial charge in [-0.25, -0.2) is 4.57 Å². The number of phosphoric acid groups is 1. The summed E-state index contributed by atoms with van der Waals surface area (Å²) in [6.45, 7) is 2.36. The summed E-state index contributed by atoms with van der Waals surface area (Å²) in [5.41, 5.74) is 0. The second-order valence-electron chi connectivity index (χ2n) is 15.1. The molecule has 10 nitrogen and oxygen atoms in total. The molecule has 0 heterocycles. The zero-order chi connectivity index (χ0) is 39.8. The quantitative estimate of drug-likeness (QED) is 0.0236. The van der Waals surface area contributed by atoms with E-state index in [1.54, 1.807) is 0 Å². The second-order valence-corrected chi connectivity index (χ2v) is 16.5. The Kier molecular flexibility index (Phi) is 39.0. The number of unbranched alkanes of at least 4 members (excludes halogenated alkanes) is 26. The molecule has 0 aliphatic carbocycles. The van der Waals surface area contributed by atoms with Crippen LogP contribution in [0.4, 0.5) is 0 Å². The van der Waals surface area contributed by atoms with Crippen molar-refractivity contribution in [2.45, 2.75) is 225 Å². The van der Waals surface area contributed by atoms with Crippen molar-refractivity contribution in [3.05, 3.63) is 12.2 Å². The van der Waals surface area contributed by atoms with E-state index >= 15 is 0 Å². The van der Waals surface area contributed by atoms with Gasteiger partial charge in [0.1, 0.15) is 12.7 Å². The number of rotatable bonds is 42. The molecule has 0 saturated carbocycles. The average molecular weight is 791 g/mol. The van der Waals surface area contributed by atoms with Crippen molar-refractivity contribution in [3.8, 4) is 0 Å². The van der Waals surface area contributed by atoms with Gasteiger partial charge in [-0.3, -0.25) is 18.6 Å². The first-order chi connectivity index (χ1) is 26.2. The Bertz CT molecular complexity index is 915. The van der Waals surface area contributed by atoms with E-state index in [-0.39, 0.29) is 19.4 Å². The van der Waals surface area contributed by atoms with Gasteiger partial charge in [-0.2, -0.15) is 0 Å². The lowest BCUT2D eigenvalue weighted by Gasteiger charge is -2.20. The number of hydrogen-bond acceptors (Lipinski definition) is 9. The first kappa shape index (κ1) is 52.7. The molecule has 0 spiro atoms. The van der Waals surface area contributed by atoms with Gasteiger partial charge in [-0.05, 0) is 32.1 Å². The fourth-order valence-electron chi connectivity index (χ4n) is 6.21. The highest BCUT2D eigenvalue weighted by atomic mass is 31.2. The van der Waals surface area contributed by atoms with Gasteiger partial charge in [0.25, 0.3) is 0 Å². The van der Waals surface area contributed by atoms with Crippen molar-refractivity contribution in [3.63, 3.8) is 0 Å². The predicted octanol–water partition coefficient (Wildman–Crippen LogP) is 11.6. The smallest absolute Gasteiger partial charge is 0.462 e. The molecule has 11 heteroatoms. The van der Waals surface area contributed by atoms with E-state index < -0.39 is 51.8 Å². The third-order valence-electron chi connectivity index (χ3n) is 9.67. The number of hydrogen-bond donors (Lipinski definition) is 3. The molecule has 3 N–H and O–H groups in total. The molecule has 0 radical (unpaired) electrons. The van der Waals surface area contributed by atoms with E-state index in [4.69, 9.17) is 19.1 Å². The van der Waals surface area contributed by atoms with Crippen LogP contribution >= 0.6 is 7.82 Å². The summed E-state index contributed by atoms with van der Waals surface area (Å²) in [6, 6.07) is 0. The van der Waals surface area contributed by atoms with Crippen LogP contribution in [0.3, 0.4) is 0 Å². The van der Waals surface area contributed by atoms with Crippen LogP contribution in [-0.4, -0.2) is 65.7 Å². The van der Waals surface area contributed by atoms with Crippen molar-refractivity contribution < 1.29 is 47.8 Å². The molecule has 3 atom stereocenters. The molecular weight excluding hydrogens is 707 g/mol. The molecule has 1 unspecified atom stereocenters. The minimum Gasteiger partial charge on any atom is -0.462 e. The highest BCUT2D eigenvalue weighted by Crippen LogP contribution is 2.43. The minimum absolute atomic E-state index is 0.188. The minimum atomic E-state index is -4.61. The summed E-state index contributed by atoms with van der Waals surface area (Å²) in [6.07, 6.45) is 37.6. The summed E-state index contributed by atoms with van der Waals surface area (Å²) in [7, 11) is -4.61. The first-order valence-electron chi connectivity index (χ1n) is 22.1. The van der Waals surface area contributed by atoms with Crippen molar-refractivity contribution in [1.29, 1.82) is 0 Å². The Balaban J connectivity index is 4.19. The Morgan fingerprint density at radius 2 is 0.926 bits per heavy atom. The van der Waals surface area contributed by atoms with E-state index in [9.17, 15) is 24.2 Å². The number of ether oxygens (including phenoxy) is 2. The van der Waals surface area contributed by atoms with Gasteiger partial charge in [0.2, 0.25) is 0 Å². The van der Waals surface area contributed by atoms with Crippen LogP contribution < -0.4 is 0 Å². The number of phosphoric ester groups is 1. The van der Waals surface area contributed by atoms with E-state index in [0.717, 1.165) is 57.8 Å². The maximum absolute atomic E-state index is 12.6. The van der Waals surface area contributed by atoms with Gasteiger partial charge in [-0.1, -0.05) is 180 Å². The number of carbonyl (C=O) groups is 2. The number of aliphatic hydroxyl groups is 2. The Morgan fingerprint density at radius 3 is 1.39 bits per heavy atom. The summed E-state index contributed by atoms with van der Waals surface area (Å²) in [4.78, 5) is 34.9. The largest absolute Gasteiger partial charge is 0.472 e. The van der Waals surface area contributed by atoms with E-state index in [2.05, 4.69) is 30.5 Å². The zero-order valence-electron chi connectivity index (χ0n) is 34.7. The molecule has 0 amide bonds. The molecule has 0 aliphatic rings. The monoisotopic (exact) mass is 791 g/mol. The predicted molar refractivity (Wildman–Crippen MR) is 219 cm³/mol. The molecule has 54 heavy (non-hydrogen) atoms. The lowest BCUT2D eigenvalue weighted by molar-refractivity contribution is -0.161. The first-order valence-corrected chi connectivity index (χ1v) is 23.6. The Morgan fingerprint density at radius 1 is 0.537 bits per heavy atom. The number of allylic oxidation sites excluding steroid dienone is 2. The van der Waals surface area contributed by atoms with E-state index in [1.807, 2.05) is 0 Å². The molecule has 0 bridgehead atoms. The lowest BCUT2D eigenvalue weighted by Crippen LogP contribution is -2.29. The van der Waals surface area contributed by atoms with Crippen LogP contribution in [0.1, 0.15) is 213 Å². The maximum Gasteiger partial charge on any atom is 0.472 e. The van der Waals surface area contributed by atoms with Gasteiger partial charge < -0.3 is 24.6 Å². The lowest BCUT2D eigenvalue weighted by atomic mass is 10.0. The highest BCUT2D eigenvalue weighted by Gasteiger charge is 2.27. The standard InChI is InChI=1S/C43H83O10P/c1-3-5-7-9-11-13-15-16-17-18-19-20-21-22-23-25-27-29-31-33-35-43(47)53-41(39-52-54(48,49)51-37-40(45)36-44)38-50-42(46)34-32-30-28-26-24-14-12-10-8-6-4-2/h10,12,40-41,44-45H,3-9,11,13-39H2,1-2H3,(H,48,49)/b12-10+/t40-,41+/m0/s1. The molecule has 0 fully saturated rings. The summed E-state index contributed by atoms with van der Waals surface area (Å²) >= 11 is 0. The molecule has 0 saturated heterocycles. The Hall–Kier alpha value is -1.29. The van der Waals surface area contributed by atoms with Crippen molar-refractivity contribution in [1.82, 2.24) is 0 Å². The summed E-state index contributed by atoms with van der Waals surface area (Å²) < 4.78 is 32.7. The SMILES string of the molecule is CCCC/C=C/CCCCCCCC(=O)OC[C@H](COP(=O)(O)OC[C@@H](O)CO)OC(=O)CCCCCCCCCCCCCCCCCCCCCC. The third kappa shape index (κ3) is 39.0. The summed E-state index contributed by atoms with van der Waals surface area (Å²) in [5.74, 6) is -0.926. The molecule has 0 rings (SSSR count). The number of carbonyl (C=O) groups excluding carboxylic acids is 2. The van der Waals surface area contributed by atoms with Crippen LogP contribution in [0.2, 0.25) is 0 Å². The van der Waals surface area contributed by atoms with Gasteiger partial charge >= 0.3 is 19.8 Å². The van der Waals surface area contributed by atoms with E-state index in [0.29, 0.717) is 12.8 Å². The highest BCUT2D eigenvalue weighted by molar-refractivity contribution is 7.47. The van der Waals surface area contributed by atoms with Gasteiger partial charge in [0.15, 0.2) is 6.10 Å². The summed E-state index contributed by atoms with van der Waals surface area (Å²) in [5, 5.41) is 18.3. The van der Waals surface area contributed by atoms with Gasteiger partial charge in [0, 0.05) is 12.8 Å². The topological polar surface area (TPSA) is 149 Å². The fraction of sp³-hybridized carbons (Fsp3) is 0.907. The number of esters is 2. The van der Waals surface area contributed by atoms with Crippen molar-refractivity contribution >= 4 is 19.8 Å². The molecule has 0 aromatic rings.